The van der Waals surface area contributed by atoms with Gasteiger partial charge in [0.05, 0.1) is 6.61 Å². The number of amides is 2. The first kappa shape index (κ1) is 15.1. The summed E-state index contributed by atoms with van der Waals surface area (Å²) in [5, 5.41) is 5.61. The average molecular weight is 310 g/mol. The number of benzene rings is 2. The number of carbonyl (C=O) groups excluding carboxylic acids is 2. The van der Waals surface area contributed by atoms with Gasteiger partial charge in [-0.05, 0) is 30.3 Å². The Morgan fingerprint density at radius 2 is 1.87 bits per heavy atom. The van der Waals surface area contributed by atoms with Crippen LogP contribution in [0, 0.1) is 0 Å². The van der Waals surface area contributed by atoms with Crippen molar-refractivity contribution in [1.29, 1.82) is 0 Å². The second-order valence-corrected chi connectivity index (χ2v) is 5.51. The highest BCUT2D eigenvalue weighted by molar-refractivity contribution is 5.95. The summed E-state index contributed by atoms with van der Waals surface area (Å²) in [6.07, 6.45) is 0. The van der Waals surface area contributed by atoms with Crippen molar-refractivity contribution in [2.45, 2.75) is 12.8 Å². The SMILES string of the molecule is CC(=O)Nc1ccc(C(=O)NC[C@H]2COc3ccccc32)cc1. The summed E-state index contributed by atoms with van der Waals surface area (Å²) >= 11 is 0. The molecular weight excluding hydrogens is 292 g/mol. The second-order valence-electron chi connectivity index (χ2n) is 5.51. The van der Waals surface area contributed by atoms with Crippen LogP contribution in [0.25, 0.3) is 0 Å². The van der Waals surface area contributed by atoms with Crippen LogP contribution in [0.4, 0.5) is 5.69 Å². The zero-order valence-electron chi connectivity index (χ0n) is 12.8. The van der Waals surface area contributed by atoms with Crippen molar-refractivity contribution in [2.24, 2.45) is 0 Å². The van der Waals surface area contributed by atoms with E-state index in [-0.39, 0.29) is 17.7 Å². The number of hydrogen-bond donors (Lipinski definition) is 2. The van der Waals surface area contributed by atoms with Crippen molar-refractivity contribution in [3.05, 3.63) is 59.7 Å². The Bertz CT molecular complexity index is 725. The maximum Gasteiger partial charge on any atom is 0.251 e. The summed E-state index contributed by atoms with van der Waals surface area (Å²) in [4.78, 5) is 23.2. The molecular formula is C18H18N2O3. The predicted molar refractivity (Wildman–Crippen MR) is 87.8 cm³/mol. The summed E-state index contributed by atoms with van der Waals surface area (Å²) in [5.41, 5.74) is 2.37. The molecule has 1 atom stereocenters. The molecule has 0 aliphatic carbocycles. The molecule has 0 radical (unpaired) electrons. The summed E-state index contributed by atoms with van der Waals surface area (Å²) in [7, 11) is 0. The molecule has 1 aliphatic rings. The fourth-order valence-corrected chi connectivity index (χ4v) is 2.62. The van der Waals surface area contributed by atoms with E-state index in [1.807, 2.05) is 24.3 Å². The number of fused-ring (bicyclic) bond motifs is 1. The highest BCUT2D eigenvalue weighted by atomic mass is 16.5. The molecule has 2 N–H and O–H groups in total. The van der Waals surface area contributed by atoms with Crippen LogP contribution in [0.3, 0.4) is 0 Å². The van der Waals surface area contributed by atoms with Crippen LogP contribution in [0.5, 0.6) is 5.75 Å². The van der Waals surface area contributed by atoms with Gasteiger partial charge in [0.2, 0.25) is 5.91 Å². The Morgan fingerprint density at radius 1 is 1.13 bits per heavy atom. The van der Waals surface area contributed by atoms with Crippen LogP contribution in [0.15, 0.2) is 48.5 Å². The standard InChI is InChI=1S/C18H18N2O3/c1-12(21)20-15-8-6-13(7-9-15)18(22)19-10-14-11-23-17-5-3-2-4-16(14)17/h2-9,14H,10-11H2,1H3,(H,19,22)(H,20,21)/t14-/m0/s1. The molecule has 0 spiro atoms. The van der Waals surface area contributed by atoms with Gasteiger partial charge in [0.1, 0.15) is 5.75 Å². The molecule has 0 fully saturated rings. The van der Waals surface area contributed by atoms with E-state index >= 15 is 0 Å². The fraction of sp³-hybridized carbons (Fsp3) is 0.222. The van der Waals surface area contributed by atoms with Gasteiger partial charge in [0.25, 0.3) is 5.91 Å². The van der Waals surface area contributed by atoms with Gasteiger partial charge in [-0.1, -0.05) is 18.2 Å². The molecule has 2 amide bonds. The van der Waals surface area contributed by atoms with Crippen molar-refractivity contribution >= 4 is 17.5 Å². The molecule has 0 unspecified atom stereocenters. The van der Waals surface area contributed by atoms with Gasteiger partial charge in [-0.25, -0.2) is 0 Å². The van der Waals surface area contributed by atoms with Gasteiger partial charge < -0.3 is 15.4 Å². The van der Waals surface area contributed by atoms with Crippen molar-refractivity contribution in [2.75, 3.05) is 18.5 Å². The summed E-state index contributed by atoms with van der Waals surface area (Å²) in [6.45, 7) is 2.56. The lowest BCUT2D eigenvalue weighted by atomic mass is 10.0. The van der Waals surface area contributed by atoms with E-state index in [0.29, 0.717) is 24.4 Å². The number of para-hydroxylation sites is 1. The molecule has 3 rings (SSSR count). The Morgan fingerprint density at radius 3 is 2.61 bits per heavy atom. The van der Waals surface area contributed by atoms with Gasteiger partial charge in [0, 0.05) is 36.2 Å². The first-order valence-corrected chi connectivity index (χ1v) is 7.51. The third kappa shape index (κ3) is 3.51. The van der Waals surface area contributed by atoms with Gasteiger partial charge >= 0.3 is 0 Å². The van der Waals surface area contributed by atoms with Gasteiger partial charge in [-0.2, -0.15) is 0 Å². The van der Waals surface area contributed by atoms with E-state index in [2.05, 4.69) is 10.6 Å². The zero-order valence-corrected chi connectivity index (χ0v) is 12.8. The third-order valence-corrected chi connectivity index (χ3v) is 3.78. The third-order valence-electron chi connectivity index (χ3n) is 3.78. The lowest BCUT2D eigenvalue weighted by molar-refractivity contribution is -0.114. The quantitative estimate of drug-likeness (QED) is 0.912. The number of nitrogens with one attached hydrogen (secondary N) is 2. The first-order chi connectivity index (χ1) is 11.1. The molecule has 0 saturated carbocycles. The van der Waals surface area contributed by atoms with Crippen LogP contribution in [-0.2, 0) is 4.79 Å². The molecule has 2 aromatic carbocycles. The van der Waals surface area contributed by atoms with Gasteiger partial charge in [0.15, 0.2) is 0 Å². The number of rotatable bonds is 4. The summed E-state index contributed by atoms with van der Waals surface area (Å²) < 4.78 is 5.61. The molecule has 1 heterocycles. The van der Waals surface area contributed by atoms with Gasteiger partial charge in [-0.15, -0.1) is 0 Å². The minimum absolute atomic E-state index is 0.135. The lowest BCUT2D eigenvalue weighted by Crippen LogP contribution is -2.29. The number of ether oxygens (including phenoxy) is 1. The maximum absolute atomic E-state index is 12.2. The van der Waals surface area contributed by atoms with E-state index in [1.54, 1.807) is 24.3 Å². The van der Waals surface area contributed by atoms with E-state index in [4.69, 9.17) is 4.74 Å². The molecule has 0 saturated heterocycles. The monoisotopic (exact) mass is 310 g/mol. The smallest absolute Gasteiger partial charge is 0.251 e. The molecule has 1 aliphatic heterocycles. The van der Waals surface area contributed by atoms with E-state index in [0.717, 1.165) is 11.3 Å². The Kier molecular flexibility index (Phi) is 4.28. The number of carbonyl (C=O) groups is 2. The highest BCUT2D eigenvalue weighted by Crippen LogP contribution is 2.32. The molecule has 0 bridgehead atoms. The van der Waals surface area contributed by atoms with Crippen LogP contribution in [0.1, 0.15) is 28.8 Å². The molecule has 0 aromatic heterocycles. The summed E-state index contributed by atoms with van der Waals surface area (Å²) in [5.74, 6) is 0.797. The fourth-order valence-electron chi connectivity index (χ4n) is 2.62. The predicted octanol–water partition coefficient (Wildman–Crippen LogP) is 2.55. The van der Waals surface area contributed by atoms with Crippen LogP contribution < -0.4 is 15.4 Å². The van der Waals surface area contributed by atoms with Crippen LogP contribution in [0.2, 0.25) is 0 Å². The van der Waals surface area contributed by atoms with Crippen molar-refractivity contribution < 1.29 is 14.3 Å². The first-order valence-electron chi connectivity index (χ1n) is 7.51. The van der Waals surface area contributed by atoms with Crippen LogP contribution in [-0.4, -0.2) is 25.0 Å². The number of hydrogen-bond acceptors (Lipinski definition) is 3. The van der Waals surface area contributed by atoms with Crippen molar-refractivity contribution in [3.8, 4) is 5.75 Å². The maximum atomic E-state index is 12.2. The topological polar surface area (TPSA) is 67.4 Å². The van der Waals surface area contributed by atoms with E-state index in [9.17, 15) is 9.59 Å². The molecule has 23 heavy (non-hydrogen) atoms. The normalized spacial score (nSPS) is 15.4. The van der Waals surface area contributed by atoms with E-state index in [1.165, 1.54) is 6.92 Å². The lowest BCUT2D eigenvalue weighted by Gasteiger charge is -2.11. The zero-order chi connectivity index (χ0) is 16.2. The Balaban J connectivity index is 1.59. The minimum atomic E-state index is -0.137. The largest absolute Gasteiger partial charge is 0.493 e. The Labute approximate surface area is 134 Å². The second kappa shape index (κ2) is 6.52. The molecule has 5 heteroatoms. The Hall–Kier alpha value is -2.82. The van der Waals surface area contributed by atoms with Crippen LogP contribution >= 0.6 is 0 Å². The van der Waals surface area contributed by atoms with Gasteiger partial charge in [-0.3, -0.25) is 9.59 Å². The molecule has 2 aromatic rings. The van der Waals surface area contributed by atoms with E-state index < -0.39 is 0 Å². The summed E-state index contributed by atoms with van der Waals surface area (Å²) in [6, 6.07) is 14.7. The van der Waals surface area contributed by atoms with Crippen molar-refractivity contribution in [3.63, 3.8) is 0 Å². The average Bonchev–Trinajstić information content (AvgIpc) is 2.96. The minimum Gasteiger partial charge on any atom is -0.493 e. The number of anilines is 1. The molecule has 5 nitrogen and oxygen atoms in total. The molecule has 118 valence electrons. The van der Waals surface area contributed by atoms with Crippen molar-refractivity contribution in [1.82, 2.24) is 5.32 Å². The highest BCUT2D eigenvalue weighted by Gasteiger charge is 2.23.